The van der Waals surface area contributed by atoms with Crippen LogP contribution in [-0.2, 0) is 19.4 Å². The van der Waals surface area contributed by atoms with Crippen LogP contribution in [0.4, 0.5) is 13.2 Å². The number of fused-ring (bicyclic) bond motifs is 1. The molecule has 1 saturated heterocycles. The number of hydrogen-bond acceptors (Lipinski definition) is 5. The number of carbonyl (C=O) groups is 1. The highest BCUT2D eigenvalue weighted by Crippen LogP contribution is 2.25. The van der Waals surface area contributed by atoms with Gasteiger partial charge in [0.25, 0.3) is 5.91 Å². The maximum Gasteiger partial charge on any atom is 0.401 e. The minimum Gasteiger partial charge on any atom is -0.390 e. The summed E-state index contributed by atoms with van der Waals surface area (Å²) in [5.41, 5.74) is 3.76. The first kappa shape index (κ1) is 24.6. The number of hydrogen-bond donors (Lipinski definition) is 2. The lowest BCUT2D eigenvalue weighted by molar-refractivity contribution is -0.143. The smallest absolute Gasteiger partial charge is 0.390 e. The molecule has 9 heteroatoms. The summed E-state index contributed by atoms with van der Waals surface area (Å²) in [6, 6.07) is 11.6. The lowest BCUT2D eigenvalue weighted by Crippen LogP contribution is -2.42. The second-order valence-corrected chi connectivity index (χ2v) is 9.36. The first-order valence-electron chi connectivity index (χ1n) is 11.7. The van der Waals surface area contributed by atoms with Gasteiger partial charge in [-0.1, -0.05) is 24.3 Å². The van der Waals surface area contributed by atoms with Gasteiger partial charge in [0.2, 0.25) is 0 Å². The number of halogens is 3. The van der Waals surface area contributed by atoms with E-state index in [0.717, 1.165) is 19.5 Å². The molecule has 1 aromatic heterocycles. The second-order valence-electron chi connectivity index (χ2n) is 9.36. The summed E-state index contributed by atoms with van der Waals surface area (Å²) in [5.74, 6) is -0.207. The molecule has 0 bridgehead atoms. The fourth-order valence-electron chi connectivity index (χ4n) is 4.89. The summed E-state index contributed by atoms with van der Waals surface area (Å²) in [6.45, 7) is 2.20. The van der Waals surface area contributed by atoms with Gasteiger partial charge < -0.3 is 10.4 Å². The van der Waals surface area contributed by atoms with Gasteiger partial charge in [0.05, 0.1) is 12.6 Å². The van der Waals surface area contributed by atoms with Crippen LogP contribution in [0.15, 0.2) is 42.6 Å². The standard InChI is InChI=1S/C25H31F3N4O2/c26-25(27,28)17-32-9-6-18(14-32)11-22-12-20(5-8-29-22)24(34)30-13-23(33)16-31-10-7-19-3-1-2-4-21(19)15-31/h1-5,8,12,18,23,33H,6-7,9-11,13-17H2,(H,30,34)/t18?,23-/m0/s1. The van der Waals surface area contributed by atoms with Crippen molar-refractivity contribution in [2.24, 2.45) is 5.92 Å². The zero-order chi connectivity index (χ0) is 24.1. The predicted octanol–water partition coefficient (Wildman–Crippen LogP) is 2.66. The molecule has 4 rings (SSSR count). The maximum atomic E-state index is 12.6. The number of carbonyl (C=O) groups excluding carboxylic acids is 1. The number of aromatic nitrogens is 1. The Balaban J connectivity index is 1.23. The monoisotopic (exact) mass is 476 g/mol. The van der Waals surface area contributed by atoms with Crippen molar-refractivity contribution in [2.45, 2.75) is 38.1 Å². The SMILES string of the molecule is O=C(NC[C@H](O)CN1CCc2ccccc2C1)c1ccnc(CC2CCN(CC(F)(F)F)C2)c1. The number of alkyl halides is 3. The molecule has 2 atom stereocenters. The number of β-amino-alcohol motifs (C(OH)–C–C–N with tert-alkyl or cyclic N) is 1. The Kier molecular flexibility index (Phi) is 7.85. The molecule has 1 unspecified atom stereocenters. The van der Waals surface area contributed by atoms with Crippen molar-refractivity contribution in [3.05, 3.63) is 65.0 Å². The largest absolute Gasteiger partial charge is 0.401 e. The van der Waals surface area contributed by atoms with Crippen LogP contribution >= 0.6 is 0 Å². The fourth-order valence-corrected chi connectivity index (χ4v) is 4.89. The molecule has 3 heterocycles. The molecule has 34 heavy (non-hydrogen) atoms. The van der Waals surface area contributed by atoms with E-state index in [4.69, 9.17) is 0 Å². The first-order chi connectivity index (χ1) is 16.2. The molecule has 0 radical (unpaired) electrons. The van der Waals surface area contributed by atoms with E-state index in [2.05, 4.69) is 27.3 Å². The van der Waals surface area contributed by atoms with Crippen molar-refractivity contribution in [3.63, 3.8) is 0 Å². The highest BCUT2D eigenvalue weighted by Gasteiger charge is 2.34. The molecule has 1 aromatic carbocycles. The first-order valence-corrected chi connectivity index (χ1v) is 11.7. The highest BCUT2D eigenvalue weighted by molar-refractivity contribution is 5.94. The summed E-state index contributed by atoms with van der Waals surface area (Å²) in [6.07, 6.45) is -1.16. The predicted molar refractivity (Wildman–Crippen MR) is 122 cm³/mol. The van der Waals surface area contributed by atoms with Crippen molar-refractivity contribution in [1.82, 2.24) is 20.1 Å². The van der Waals surface area contributed by atoms with Crippen LogP contribution in [0.25, 0.3) is 0 Å². The van der Waals surface area contributed by atoms with Crippen molar-refractivity contribution in [1.29, 1.82) is 0 Å². The lowest BCUT2D eigenvalue weighted by Gasteiger charge is -2.30. The average Bonchev–Trinajstić information content (AvgIpc) is 3.22. The Morgan fingerprint density at radius 2 is 1.97 bits per heavy atom. The van der Waals surface area contributed by atoms with Crippen LogP contribution in [0.5, 0.6) is 0 Å². The van der Waals surface area contributed by atoms with Crippen molar-refractivity contribution >= 4 is 5.91 Å². The molecular formula is C25H31F3N4O2. The quantitative estimate of drug-likeness (QED) is 0.613. The van der Waals surface area contributed by atoms with E-state index >= 15 is 0 Å². The van der Waals surface area contributed by atoms with E-state index in [1.165, 1.54) is 16.0 Å². The van der Waals surface area contributed by atoms with Crippen molar-refractivity contribution in [3.8, 4) is 0 Å². The van der Waals surface area contributed by atoms with Gasteiger partial charge in [-0.15, -0.1) is 0 Å². The third-order valence-corrected chi connectivity index (χ3v) is 6.53. The third kappa shape index (κ3) is 7.01. The Morgan fingerprint density at radius 1 is 1.18 bits per heavy atom. The number of aliphatic hydroxyl groups is 1. The molecule has 1 fully saturated rings. The zero-order valence-electron chi connectivity index (χ0n) is 19.1. The Hall–Kier alpha value is -2.49. The van der Waals surface area contributed by atoms with Crippen LogP contribution < -0.4 is 5.32 Å². The fraction of sp³-hybridized carbons (Fsp3) is 0.520. The van der Waals surface area contributed by atoms with Gasteiger partial charge in [-0.2, -0.15) is 13.2 Å². The lowest BCUT2D eigenvalue weighted by atomic mass is 10.00. The molecule has 0 spiro atoms. The van der Waals surface area contributed by atoms with E-state index in [1.54, 1.807) is 18.3 Å². The molecule has 2 aliphatic rings. The van der Waals surface area contributed by atoms with Crippen LogP contribution in [0, 0.1) is 5.92 Å². The minimum atomic E-state index is -4.19. The number of pyridine rings is 1. The minimum absolute atomic E-state index is 0.0876. The van der Waals surface area contributed by atoms with E-state index < -0.39 is 18.8 Å². The topological polar surface area (TPSA) is 68.7 Å². The van der Waals surface area contributed by atoms with Gasteiger partial charge in [-0.3, -0.25) is 19.6 Å². The van der Waals surface area contributed by atoms with Crippen molar-refractivity contribution in [2.75, 3.05) is 39.3 Å². The maximum absolute atomic E-state index is 12.6. The average molecular weight is 477 g/mol. The molecule has 2 N–H and O–H groups in total. The summed E-state index contributed by atoms with van der Waals surface area (Å²) in [4.78, 5) is 20.5. The number of benzene rings is 1. The molecular weight excluding hydrogens is 445 g/mol. The van der Waals surface area contributed by atoms with Crippen LogP contribution in [0.1, 0.15) is 33.6 Å². The van der Waals surface area contributed by atoms with Gasteiger partial charge in [0, 0.05) is 50.2 Å². The number of nitrogens with zero attached hydrogens (tertiary/aromatic N) is 3. The van der Waals surface area contributed by atoms with E-state index in [0.29, 0.717) is 43.7 Å². The Bertz CT molecular complexity index is 985. The van der Waals surface area contributed by atoms with Gasteiger partial charge >= 0.3 is 6.18 Å². The molecule has 1 amide bonds. The summed E-state index contributed by atoms with van der Waals surface area (Å²) < 4.78 is 37.8. The van der Waals surface area contributed by atoms with E-state index in [-0.39, 0.29) is 18.4 Å². The van der Waals surface area contributed by atoms with Crippen LogP contribution in [0.3, 0.4) is 0 Å². The zero-order valence-corrected chi connectivity index (χ0v) is 19.1. The summed E-state index contributed by atoms with van der Waals surface area (Å²) >= 11 is 0. The molecule has 0 aliphatic carbocycles. The van der Waals surface area contributed by atoms with Crippen LogP contribution in [-0.4, -0.2) is 77.3 Å². The van der Waals surface area contributed by atoms with E-state index in [1.807, 2.05) is 12.1 Å². The molecule has 184 valence electrons. The Labute approximate surface area is 197 Å². The third-order valence-electron chi connectivity index (χ3n) is 6.53. The summed E-state index contributed by atoms with van der Waals surface area (Å²) in [7, 11) is 0. The van der Waals surface area contributed by atoms with Gasteiger partial charge in [0.1, 0.15) is 0 Å². The van der Waals surface area contributed by atoms with Crippen LogP contribution in [0.2, 0.25) is 0 Å². The Morgan fingerprint density at radius 3 is 2.76 bits per heavy atom. The highest BCUT2D eigenvalue weighted by atomic mass is 19.4. The number of likely N-dealkylation sites (tertiary alicyclic amines) is 1. The molecule has 6 nitrogen and oxygen atoms in total. The normalized spacial score (nSPS) is 20.2. The number of amides is 1. The van der Waals surface area contributed by atoms with Gasteiger partial charge in [0.15, 0.2) is 0 Å². The summed E-state index contributed by atoms with van der Waals surface area (Å²) in [5, 5.41) is 13.2. The molecule has 0 saturated carbocycles. The number of rotatable bonds is 8. The van der Waals surface area contributed by atoms with E-state index in [9.17, 15) is 23.1 Å². The molecule has 2 aromatic rings. The van der Waals surface area contributed by atoms with Crippen molar-refractivity contribution < 1.29 is 23.1 Å². The van der Waals surface area contributed by atoms with Gasteiger partial charge in [-0.25, -0.2) is 0 Å². The molecule has 2 aliphatic heterocycles. The van der Waals surface area contributed by atoms with Gasteiger partial charge in [-0.05, 0) is 55.0 Å². The second kappa shape index (κ2) is 10.8. The number of nitrogens with one attached hydrogen (secondary N) is 1. The number of aliphatic hydroxyl groups excluding tert-OH is 1.